The van der Waals surface area contributed by atoms with E-state index in [9.17, 15) is 4.79 Å². The van der Waals surface area contributed by atoms with Crippen LogP contribution in [0.2, 0.25) is 0 Å². The van der Waals surface area contributed by atoms with Crippen LogP contribution >= 0.6 is 0 Å². The van der Waals surface area contributed by atoms with E-state index in [4.69, 9.17) is 4.42 Å². The Labute approximate surface area is 169 Å². The molecule has 1 aromatic carbocycles. The minimum absolute atomic E-state index is 0.141. The number of benzene rings is 1. The van der Waals surface area contributed by atoms with Crippen LogP contribution < -0.4 is 5.32 Å². The molecule has 5 heteroatoms. The quantitative estimate of drug-likeness (QED) is 0.648. The Morgan fingerprint density at radius 1 is 1.10 bits per heavy atom. The van der Waals surface area contributed by atoms with Gasteiger partial charge in [-0.05, 0) is 92.0 Å². The van der Waals surface area contributed by atoms with Crippen molar-refractivity contribution in [2.24, 2.45) is 23.2 Å². The lowest BCUT2D eigenvalue weighted by Gasteiger charge is -2.56. The number of anilines is 1. The van der Waals surface area contributed by atoms with Gasteiger partial charge >= 0.3 is 0 Å². The predicted molar refractivity (Wildman–Crippen MR) is 111 cm³/mol. The second kappa shape index (κ2) is 6.41. The second-order valence-corrected chi connectivity index (χ2v) is 9.59. The van der Waals surface area contributed by atoms with Crippen molar-refractivity contribution in [3.63, 3.8) is 0 Å². The molecular formula is C24H25N3O2. The number of carbonyl (C=O) groups is 1. The zero-order chi connectivity index (χ0) is 19.4. The zero-order valence-electron chi connectivity index (χ0n) is 16.4. The third kappa shape index (κ3) is 3.13. The van der Waals surface area contributed by atoms with Crippen LogP contribution in [0.3, 0.4) is 0 Å². The Hall–Kier alpha value is -2.69. The summed E-state index contributed by atoms with van der Waals surface area (Å²) in [7, 11) is 0. The highest BCUT2D eigenvalue weighted by atomic mass is 16.3. The molecule has 4 bridgehead atoms. The lowest BCUT2D eigenvalue weighted by Crippen LogP contribution is -2.47. The average Bonchev–Trinajstić information content (AvgIpc) is 3.10. The molecule has 0 spiro atoms. The van der Waals surface area contributed by atoms with Crippen molar-refractivity contribution < 1.29 is 9.21 Å². The van der Waals surface area contributed by atoms with Crippen LogP contribution in [0.5, 0.6) is 0 Å². The van der Waals surface area contributed by atoms with E-state index in [0.717, 1.165) is 34.5 Å². The van der Waals surface area contributed by atoms with E-state index in [1.54, 1.807) is 12.4 Å². The fourth-order valence-electron chi connectivity index (χ4n) is 6.67. The first-order valence-electron chi connectivity index (χ1n) is 10.8. The van der Waals surface area contributed by atoms with Crippen LogP contribution in [0.1, 0.15) is 44.9 Å². The van der Waals surface area contributed by atoms with Crippen LogP contribution in [-0.2, 0) is 4.79 Å². The van der Waals surface area contributed by atoms with E-state index in [0.29, 0.717) is 17.9 Å². The van der Waals surface area contributed by atoms with Crippen molar-refractivity contribution in [3.05, 3.63) is 42.7 Å². The number of amides is 1. The summed E-state index contributed by atoms with van der Waals surface area (Å²) in [6, 6.07) is 9.46. The SMILES string of the molecule is O=C(CC12CC3CC(CC(C3)C1)C2)Nc1ccc2oc(-c3cccnc3)nc2c1. The van der Waals surface area contributed by atoms with Gasteiger partial charge in [-0.2, -0.15) is 0 Å². The third-order valence-corrected chi connectivity index (χ3v) is 7.28. The molecule has 29 heavy (non-hydrogen) atoms. The minimum atomic E-state index is 0.141. The molecule has 148 valence electrons. The fraction of sp³-hybridized carbons (Fsp3) is 0.458. The summed E-state index contributed by atoms with van der Waals surface area (Å²) >= 11 is 0. The molecule has 4 fully saturated rings. The van der Waals surface area contributed by atoms with Crippen LogP contribution in [0.4, 0.5) is 5.69 Å². The van der Waals surface area contributed by atoms with Gasteiger partial charge in [0.15, 0.2) is 5.58 Å². The summed E-state index contributed by atoms with van der Waals surface area (Å²) < 4.78 is 5.84. The Balaban J connectivity index is 1.19. The number of pyridine rings is 1. The van der Waals surface area contributed by atoms with E-state index < -0.39 is 0 Å². The van der Waals surface area contributed by atoms with Gasteiger partial charge in [0.1, 0.15) is 5.52 Å². The topological polar surface area (TPSA) is 68.0 Å². The molecule has 4 saturated carbocycles. The number of hydrogen-bond acceptors (Lipinski definition) is 4. The molecule has 1 N–H and O–H groups in total. The van der Waals surface area contributed by atoms with E-state index >= 15 is 0 Å². The Kier molecular flexibility index (Phi) is 3.80. The minimum Gasteiger partial charge on any atom is -0.436 e. The molecule has 0 aliphatic heterocycles. The number of nitrogens with one attached hydrogen (secondary N) is 1. The first kappa shape index (κ1) is 17.2. The molecule has 2 heterocycles. The number of carbonyl (C=O) groups excluding carboxylic acids is 1. The third-order valence-electron chi connectivity index (χ3n) is 7.28. The maximum Gasteiger partial charge on any atom is 0.228 e. The first-order chi connectivity index (χ1) is 14.1. The fourth-order valence-corrected chi connectivity index (χ4v) is 6.67. The second-order valence-electron chi connectivity index (χ2n) is 9.59. The van der Waals surface area contributed by atoms with Gasteiger partial charge in [-0.15, -0.1) is 0 Å². The average molecular weight is 387 g/mol. The first-order valence-corrected chi connectivity index (χ1v) is 10.8. The molecule has 1 amide bonds. The van der Waals surface area contributed by atoms with Crippen LogP contribution in [0.15, 0.2) is 47.1 Å². The zero-order valence-corrected chi connectivity index (χ0v) is 16.4. The standard InChI is InChI=1S/C24H25N3O2/c28-22(13-24-10-15-6-16(11-24)8-17(7-15)12-24)26-19-3-4-21-20(9-19)27-23(29-21)18-2-1-5-25-14-18/h1-5,9,14-17H,6-8,10-13H2,(H,26,28). The highest BCUT2D eigenvalue weighted by molar-refractivity contribution is 5.93. The summed E-state index contributed by atoms with van der Waals surface area (Å²) in [6.07, 6.45) is 12.1. The molecule has 0 radical (unpaired) electrons. The van der Waals surface area contributed by atoms with Crippen molar-refractivity contribution in [3.8, 4) is 11.5 Å². The van der Waals surface area contributed by atoms with E-state index in [1.165, 1.54) is 38.5 Å². The summed E-state index contributed by atoms with van der Waals surface area (Å²) in [4.78, 5) is 21.6. The van der Waals surface area contributed by atoms with Gasteiger partial charge in [0.25, 0.3) is 0 Å². The molecule has 0 saturated heterocycles. The Morgan fingerprint density at radius 3 is 2.55 bits per heavy atom. The summed E-state index contributed by atoms with van der Waals surface area (Å²) in [5, 5.41) is 3.13. The van der Waals surface area contributed by atoms with Gasteiger partial charge in [0, 0.05) is 24.5 Å². The van der Waals surface area contributed by atoms with Gasteiger partial charge in [0.2, 0.25) is 11.8 Å². The van der Waals surface area contributed by atoms with Gasteiger partial charge in [-0.3, -0.25) is 9.78 Å². The predicted octanol–water partition coefficient (Wildman–Crippen LogP) is 5.43. The normalized spacial score (nSPS) is 30.0. The van der Waals surface area contributed by atoms with Crippen LogP contribution in [-0.4, -0.2) is 15.9 Å². The molecule has 5 nitrogen and oxygen atoms in total. The van der Waals surface area contributed by atoms with Crippen LogP contribution in [0, 0.1) is 23.2 Å². The molecule has 3 aromatic rings. The maximum absolute atomic E-state index is 12.9. The van der Waals surface area contributed by atoms with Gasteiger partial charge < -0.3 is 9.73 Å². The molecule has 4 aliphatic rings. The summed E-state index contributed by atoms with van der Waals surface area (Å²) in [5.74, 6) is 3.29. The van der Waals surface area contributed by atoms with Crippen molar-refractivity contribution in [1.29, 1.82) is 0 Å². The molecule has 4 aliphatic carbocycles. The van der Waals surface area contributed by atoms with Crippen molar-refractivity contribution in [2.75, 3.05) is 5.32 Å². The number of nitrogens with zero attached hydrogens (tertiary/aromatic N) is 2. The van der Waals surface area contributed by atoms with Gasteiger partial charge in [0.05, 0.1) is 5.56 Å². The lowest BCUT2D eigenvalue weighted by atomic mass is 9.49. The lowest BCUT2D eigenvalue weighted by molar-refractivity contribution is -0.124. The molecule has 0 unspecified atom stereocenters. The van der Waals surface area contributed by atoms with E-state index in [-0.39, 0.29) is 11.3 Å². The smallest absolute Gasteiger partial charge is 0.228 e. The van der Waals surface area contributed by atoms with Crippen molar-refractivity contribution >= 4 is 22.7 Å². The number of aromatic nitrogens is 2. The number of oxazole rings is 1. The maximum atomic E-state index is 12.9. The molecule has 0 atom stereocenters. The number of fused-ring (bicyclic) bond motifs is 1. The monoisotopic (exact) mass is 387 g/mol. The number of hydrogen-bond donors (Lipinski definition) is 1. The highest BCUT2D eigenvalue weighted by Gasteiger charge is 2.51. The largest absolute Gasteiger partial charge is 0.436 e. The van der Waals surface area contributed by atoms with E-state index in [1.807, 2.05) is 30.3 Å². The van der Waals surface area contributed by atoms with Gasteiger partial charge in [-0.25, -0.2) is 4.98 Å². The van der Waals surface area contributed by atoms with Gasteiger partial charge in [-0.1, -0.05) is 0 Å². The molecule has 7 rings (SSSR count). The summed E-state index contributed by atoms with van der Waals surface area (Å²) in [5.41, 5.74) is 3.35. The van der Waals surface area contributed by atoms with Crippen molar-refractivity contribution in [1.82, 2.24) is 9.97 Å². The van der Waals surface area contributed by atoms with Crippen LogP contribution in [0.25, 0.3) is 22.6 Å². The molecular weight excluding hydrogens is 362 g/mol. The summed E-state index contributed by atoms with van der Waals surface area (Å²) in [6.45, 7) is 0. The molecule has 2 aromatic heterocycles. The Bertz CT molecular complexity index is 1040. The number of rotatable bonds is 4. The Morgan fingerprint density at radius 2 is 1.86 bits per heavy atom. The highest BCUT2D eigenvalue weighted by Crippen LogP contribution is 2.61. The van der Waals surface area contributed by atoms with Crippen molar-refractivity contribution in [2.45, 2.75) is 44.9 Å². The van der Waals surface area contributed by atoms with E-state index in [2.05, 4.69) is 15.3 Å².